The van der Waals surface area contributed by atoms with E-state index in [1.807, 2.05) is 23.1 Å². The molecule has 0 bridgehead atoms. The molecule has 1 fully saturated rings. The van der Waals surface area contributed by atoms with E-state index in [0.29, 0.717) is 0 Å². The molecule has 1 aliphatic heterocycles. The van der Waals surface area contributed by atoms with Crippen molar-refractivity contribution in [3.8, 4) is 0 Å². The van der Waals surface area contributed by atoms with Crippen LogP contribution in [0.25, 0.3) is 0 Å². The van der Waals surface area contributed by atoms with Crippen molar-refractivity contribution in [3.05, 3.63) is 22.4 Å². The first-order chi connectivity index (χ1) is 6.29. The molecular weight excluding hydrogens is 268 g/mol. The summed E-state index contributed by atoms with van der Waals surface area (Å²) in [5.41, 5.74) is 0. The van der Waals surface area contributed by atoms with Gasteiger partial charge in [0, 0.05) is 17.1 Å². The average Bonchev–Trinajstić information content (AvgIpc) is 2.57. The van der Waals surface area contributed by atoms with Crippen LogP contribution in [0.15, 0.2) is 17.5 Å². The summed E-state index contributed by atoms with van der Waals surface area (Å²) in [6, 6.07) is 4.29. The fourth-order valence-electron chi connectivity index (χ4n) is 1.33. The second-order valence-corrected chi connectivity index (χ2v) is 7.59. The lowest BCUT2D eigenvalue weighted by Crippen LogP contribution is -2.31. The van der Waals surface area contributed by atoms with E-state index < -0.39 is 0 Å². The third kappa shape index (κ3) is 2.72. The van der Waals surface area contributed by atoms with Gasteiger partial charge in [-0.25, -0.2) is 0 Å². The van der Waals surface area contributed by atoms with Crippen molar-refractivity contribution in [2.45, 2.75) is 10.1 Å². The Balaban J connectivity index is 1.99. The predicted octanol–water partition coefficient (Wildman–Crippen LogP) is 3.15. The SMILES string of the molecule is BrC1(Cc2cccs2)COCCS1. The fraction of sp³-hybridized carbons (Fsp3) is 0.556. The standard InChI is InChI=1S/C9H11BrOS2/c10-9(7-11-3-5-13-9)6-8-2-1-4-12-8/h1-2,4H,3,5-7H2. The summed E-state index contributed by atoms with van der Waals surface area (Å²) in [4.78, 5) is 1.43. The van der Waals surface area contributed by atoms with E-state index in [-0.39, 0.29) is 3.66 Å². The molecule has 0 aliphatic carbocycles. The van der Waals surface area contributed by atoms with Gasteiger partial charge in [-0.1, -0.05) is 22.0 Å². The molecule has 0 N–H and O–H groups in total. The molecule has 1 aromatic heterocycles. The lowest BCUT2D eigenvalue weighted by Gasteiger charge is -2.30. The van der Waals surface area contributed by atoms with Gasteiger partial charge >= 0.3 is 0 Å². The van der Waals surface area contributed by atoms with Crippen molar-refractivity contribution in [2.75, 3.05) is 19.0 Å². The summed E-state index contributed by atoms with van der Waals surface area (Å²) < 4.78 is 5.59. The summed E-state index contributed by atoms with van der Waals surface area (Å²) >= 11 is 7.54. The van der Waals surface area contributed by atoms with Gasteiger partial charge < -0.3 is 4.74 Å². The largest absolute Gasteiger partial charge is 0.378 e. The normalized spacial score (nSPS) is 29.0. The molecular formula is C9H11BrOS2. The highest BCUT2D eigenvalue weighted by atomic mass is 79.9. The van der Waals surface area contributed by atoms with Crippen LogP contribution >= 0.6 is 39.0 Å². The highest BCUT2D eigenvalue weighted by Gasteiger charge is 2.31. The molecule has 1 saturated heterocycles. The van der Waals surface area contributed by atoms with Crippen LogP contribution < -0.4 is 0 Å². The Morgan fingerprint density at radius 2 is 2.54 bits per heavy atom. The van der Waals surface area contributed by atoms with E-state index in [2.05, 4.69) is 33.4 Å². The first kappa shape index (κ1) is 10.0. The molecule has 72 valence electrons. The van der Waals surface area contributed by atoms with Gasteiger partial charge in [0.05, 0.1) is 16.9 Å². The Morgan fingerprint density at radius 1 is 1.62 bits per heavy atom. The number of hydrogen-bond acceptors (Lipinski definition) is 3. The van der Waals surface area contributed by atoms with Crippen LogP contribution in [0.4, 0.5) is 0 Å². The maximum Gasteiger partial charge on any atom is 0.0988 e. The van der Waals surface area contributed by atoms with Crippen LogP contribution in [0.3, 0.4) is 0 Å². The topological polar surface area (TPSA) is 9.23 Å². The third-order valence-electron chi connectivity index (χ3n) is 1.92. The molecule has 13 heavy (non-hydrogen) atoms. The van der Waals surface area contributed by atoms with Gasteiger partial charge in [-0.3, -0.25) is 0 Å². The summed E-state index contributed by atoms with van der Waals surface area (Å²) in [5.74, 6) is 1.09. The number of thiophene rings is 1. The molecule has 4 heteroatoms. The van der Waals surface area contributed by atoms with Crippen LogP contribution in [-0.2, 0) is 11.2 Å². The maximum absolute atomic E-state index is 5.47. The minimum atomic E-state index is 0.121. The van der Waals surface area contributed by atoms with Crippen molar-refractivity contribution >= 4 is 39.0 Å². The van der Waals surface area contributed by atoms with Crippen LogP contribution in [-0.4, -0.2) is 22.6 Å². The fourth-order valence-corrected chi connectivity index (χ4v) is 4.36. The molecule has 1 atom stereocenters. The Labute approximate surface area is 95.0 Å². The highest BCUT2D eigenvalue weighted by molar-refractivity contribution is 9.12. The van der Waals surface area contributed by atoms with E-state index in [0.717, 1.165) is 25.4 Å². The lowest BCUT2D eigenvalue weighted by atomic mass is 10.2. The number of thioether (sulfide) groups is 1. The monoisotopic (exact) mass is 278 g/mol. The second kappa shape index (κ2) is 4.34. The van der Waals surface area contributed by atoms with Gasteiger partial charge in [0.1, 0.15) is 0 Å². The molecule has 1 aromatic rings. The van der Waals surface area contributed by atoms with E-state index in [4.69, 9.17) is 4.74 Å². The van der Waals surface area contributed by atoms with Crippen LogP contribution in [0.1, 0.15) is 4.88 Å². The Kier molecular flexibility index (Phi) is 3.35. The summed E-state index contributed by atoms with van der Waals surface area (Å²) in [5, 5.41) is 2.13. The van der Waals surface area contributed by atoms with Crippen LogP contribution in [0.5, 0.6) is 0 Å². The molecule has 0 amide bonds. The second-order valence-electron chi connectivity index (χ2n) is 3.04. The van der Waals surface area contributed by atoms with Crippen molar-refractivity contribution in [3.63, 3.8) is 0 Å². The summed E-state index contributed by atoms with van der Waals surface area (Å²) in [6.45, 7) is 1.71. The number of ether oxygens (including phenoxy) is 1. The molecule has 0 aromatic carbocycles. The number of alkyl halides is 1. The van der Waals surface area contributed by atoms with Gasteiger partial charge in [0.2, 0.25) is 0 Å². The van der Waals surface area contributed by atoms with Gasteiger partial charge in [-0.15, -0.1) is 23.1 Å². The van der Waals surface area contributed by atoms with E-state index in [1.165, 1.54) is 4.88 Å². The molecule has 2 rings (SSSR count). The van der Waals surface area contributed by atoms with Gasteiger partial charge in [-0.2, -0.15) is 0 Å². The predicted molar refractivity (Wildman–Crippen MR) is 63.0 cm³/mol. The maximum atomic E-state index is 5.47. The van der Waals surface area contributed by atoms with Gasteiger partial charge in [0.15, 0.2) is 0 Å². The van der Waals surface area contributed by atoms with E-state index in [1.54, 1.807) is 0 Å². The smallest absolute Gasteiger partial charge is 0.0988 e. The zero-order valence-corrected chi connectivity index (χ0v) is 10.4. The zero-order chi connectivity index (χ0) is 9.15. The zero-order valence-electron chi connectivity index (χ0n) is 7.16. The molecule has 0 spiro atoms. The minimum absolute atomic E-state index is 0.121. The van der Waals surface area contributed by atoms with Gasteiger partial charge in [-0.05, 0) is 11.4 Å². The van der Waals surface area contributed by atoms with Crippen molar-refractivity contribution in [1.82, 2.24) is 0 Å². The first-order valence-corrected chi connectivity index (χ1v) is 6.87. The van der Waals surface area contributed by atoms with Crippen molar-refractivity contribution in [1.29, 1.82) is 0 Å². The number of rotatable bonds is 2. The van der Waals surface area contributed by atoms with E-state index in [9.17, 15) is 0 Å². The molecule has 0 radical (unpaired) electrons. The molecule has 1 unspecified atom stereocenters. The molecule has 2 heterocycles. The Hall–Kier alpha value is 0.490. The number of halogens is 1. The molecule has 1 aliphatic rings. The summed E-state index contributed by atoms with van der Waals surface area (Å²) in [6.07, 6.45) is 1.06. The molecule has 1 nitrogen and oxygen atoms in total. The van der Waals surface area contributed by atoms with Gasteiger partial charge in [0.25, 0.3) is 0 Å². The van der Waals surface area contributed by atoms with Crippen LogP contribution in [0.2, 0.25) is 0 Å². The summed E-state index contributed by atoms with van der Waals surface area (Å²) in [7, 11) is 0. The van der Waals surface area contributed by atoms with Crippen LogP contribution in [0, 0.1) is 0 Å². The average molecular weight is 279 g/mol. The van der Waals surface area contributed by atoms with Crippen molar-refractivity contribution in [2.24, 2.45) is 0 Å². The van der Waals surface area contributed by atoms with E-state index >= 15 is 0 Å². The third-order valence-corrected chi connectivity index (χ3v) is 5.15. The number of hydrogen-bond donors (Lipinski definition) is 0. The van der Waals surface area contributed by atoms with Crippen molar-refractivity contribution < 1.29 is 4.74 Å². The lowest BCUT2D eigenvalue weighted by molar-refractivity contribution is 0.138. The minimum Gasteiger partial charge on any atom is -0.378 e. The quantitative estimate of drug-likeness (QED) is 0.769. The Bertz CT molecular complexity index is 255. The molecule has 0 saturated carbocycles. The Morgan fingerprint density at radius 3 is 3.15 bits per heavy atom. The highest BCUT2D eigenvalue weighted by Crippen LogP contribution is 2.39. The first-order valence-electron chi connectivity index (χ1n) is 4.21.